The lowest BCUT2D eigenvalue weighted by Gasteiger charge is -2.06. The lowest BCUT2D eigenvalue weighted by molar-refractivity contribution is 0.750. The molecule has 7 heteroatoms. The molecule has 0 unspecified atom stereocenters. The first-order valence-corrected chi connectivity index (χ1v) is 11.2. The molecule has 0 amide bonds. The Morgan fingerprint density at radius 1 is 0.966 bits per heavy atom. The molecule has 0 atom stereocenters. The molecule has 0 spiro atoms. The van der Waals surface area contributed by atoms with Gasteiger partial charge in [-0.05, 0) is 23.6 Å². The normalized spacial score (nSPS) is 11.3. The van der Waals surface area contributed by atoms with Crippen molar-refractivity contribution in [3.05, 3.63) is 88.6 Å². The number of pyridine rings is 1. The van der Waals surface area contributed by atoms with Crippen LogP contribution < -0.4 is 0 Å². The van der Waals surface area contributed by atoms with Crippen molar-refractivity contribution in [1.29, 1.82) is 0 Å². The van der Waals surface area contributed by atoms with E-state index in [1.165, 1.54) is 10.6 Å². The molecular formula is C22H19N5S2. The van der Waals surface area contributed by atoms with E-state index in [4.69, 9.17) is 4.98 Å². The van der Waals surface area contributed by atoms with Crippen LogP contribution in [0.1, 0.15) is 16.4 Å². The van der Waals surface area contributed by atoms with Gasteiger partial charge in [-0.15, -0.1) is 21.5 Å². The molecule has 0 saturated carbocycles. The summed E-state index contributed by atoms with van der Waals surface area (Å²) in [5.74, 6) is 1.75. The van der Waals surface area contributed by atoms with E-state index in [0.29, 0.717) is 0 Å². The Hall–Kier alpha value is -2.90. The van der Waals surface area contributed by atoms with Crippen LogP contribution in [0.5, 0.6) is 0 Å². The molecule has 1 aromatic carbocycles. The van der Waals surface area contributed by atoms with E-state index in [9.17, 15) is 0 Å². The number of aromatic nitrogens is 5. The van der Waals surface area contributed by atoms with Gasteiger partial charge in [-0.2, -0.15) is 0 Å². The molecule has 5 nitrogen and oxygen atoms in total. The van der Waals surface area contributed by atoms with Crippen molar-refractivity contribution in [2.24, 2.45) is 7.05 Å². The molecular weight excluding hydrogens is 398 g/mol. The second kappa shape index (κ2) is 7.85. The highest BCUT2D eigenvalue weighted by molar-refractivity contribution is 7.98. The number of nitrogens with zero attached hydrogens (tertiary/aromatic N) is 5. The van der Waals surface area contributed by atoms with E-state index in [1.807, 2.05) is 31.3 Å². The SMILES string of the molecule is Cn1c(Cc2cccs2)nnc1SCc1c(-c2ccccc2)nc2ccccn12. The molecule has 5 aromatic rings. The smallest absolute Gasteiger partial charge is 0.191 e. The first-order valence-electron chi connectivity index (χ1n) is 9.34. The third-order valence-electron chi connectivity index (χ3n) is 4.85. The standard InChI is InChI=1S/C22H19N5S2/c1-26-20(14-17-10-7-13-28-17)24-25-22(26)29-15-18-21(16-8-3-2-4-9-16)23-19-11-5-6-12-27(18)19/h2-13H,14-15H2,1H3. The third kappa shape index (κ3) is 3.59. The van der Waals surface area contributed by atoms with Gasteiger partial charge in [-0.25, -0.2) is 4.98 Å². The van der Waals surface area contributed by atoms with Crippen molar-refractivity contribution in [2.45, 2.75) is 17.3 Å². The minimum atomic E-state index is 0.764. The van der Waals surface area contributed by atoms with E-state index in [1.54, 1.807) is 23.1 Å². The molecule has 0 aliphatic heterocycles. The first-order chi connectivity index (χ1) is 14.3. The van der Waals surface area contributed by atoms with Gasteiger partial charge in [0, 0.05) is 35.9 Å². The fraction of sp³-hybridized carbons (Fsp3) is 0.136. The van der Waals surface area contributed by atoms with E-state index in [2.05, 4.69) is 67.1 Å². The number of hydrogen-bond acceptors (Lipinski definition) is 5. The number of hydrogen-bond donors (Lipinski definition) is 0. The van der Waals surface area contributed by atoms with Crippen molar-refractivity contribution >= 4 is 28.7 Å². The average Bonchev–Trinajstić information content (AvgIpc) is 3.48. The Morgan fingerprint density at radius 2 is 1.83 bits per heavy atom. The molecule has 5 rings (SSSR count). The third-order valence-corrected chi connectivity index (χ3v) is 6.76. The summed E-state index contributed by atoms with van der Waals surface area (Å²) in [6.07, 6.45) is 2.89. The zero-order valence-electron chi connectivity index (χ0n) is 15.9. The Morgan fingerprint density at radius 3 is 2.66 bits per heavy atom. The Bertz CT molecular complexity index is 1240. The van der Waals surface area contributed by atoms with Gasteiger partial charge in [0.25, 0.3) is 0 Å². The van der Waals surface area contributed by atoms with Crippen LogP contribution in [0.2, 0.25) is 0 Å². The fourth-order valence-electron chi connectivity index (χ4n) is 3.34. The predicted molar refractivity (Wildman–Crippen MR) is 118 cm³/mol. The quantitative estimate of drug-likeness (QED) is 0.362. The molecule has 144 valence electrons. The van der Waals surface area contributed by atoms with Gasteiger partial charge >= 0.3 is 0 Å². The monoisotopic (exact) mass is 417 g/mol. The van der Waals surface area contributed by atoms with E-state index >= 15 is 0 Å². The summed E-state index contributed by atoms with van der Waals surface area (Å²) in [6.45, 7) is 0. The summed E-state index contributed by atoms with van der Waals surface area (Å²) in [7, 11) is 2.04. The number of fused-ring (bicyclic) bond motifs is 1. The largest absolute Gasteiger partial charge is 0.309 e. The van der Waals surface area contributed by atoms with Gasteiger partial charge < -0.3 is 8.97 Å². The second-order valence-electron chi connectivity index (χ2n) is 6.70. The summed E-state index contributed by atoms with van der Waals surface area (Å²) >= 11 is 3.44. The second-order valence-corrected chi connectivity index (χ2v) is 8.68. The number of benzene rings is 1. The lowest BCUT2D eigenvalue weighted by Crippen LogP contribution is -2.00. The van der Waals surface area contributed by atoms with Crippen LogP contribution in [0.15, 0.2) is 77.4 Å². The van der Waals surface area contributed by atoms with Crippen LogP contribution in [-0.4, -0.2) is 24.1 Å². The predicted octanol–water partition coefficient (Wildman–Crippen LogP) is 5.07. The Labute approximate surface area is 177 Å². The van der Waals surface area contributed by atoms with Crippen LogP contribution in [0.25, 0.3) is 16.9 Å². The summed E-state index contributed by atoms with van der Waals surface area (Å²) < 4.78 is 4.26. The maximum atomic E-state index is 4.88. The highest BCUT2D eigenvalue weighted by Crippen LogP contribution is 2.30. The lowest BCUT2D eigenvalue weighted by atomic mass is 10.1. The fourth-order valence-corrected chi connectivity index (χ4v) is 4.98. The zero-order valence-corrected chi connectivity index (χ0v) is 17.5. The molecule has 0 aliphatic rings. The minimum absolute atomic E-state index is 0.764. The van der Waals surface area contributed by atoms with Crippen molar-refractivity contribution in [3.63, 3.8) is 0 Å². The van der Waals surface area contributed by atoms with Gasteiger partial charge in [0.05, 0.1) is 11.4 Å². The van der Waals surface area contributed by atoms with E-state index in [0.717, 1.165) is 40.1 Å². The number of imidazole rings is 1. The topological polar surface area (TPSA) is 48.0 Å². The molecule has 4 aromatic heterocycles. The van der Waals surface area contributed by atoms with Crippen LogP contribution in [0.4, 0.5) is 0 Å². The summed E-state index contributed by atoms with van der Waals surface area (Å²) in [5, 5.41) is 11.9. The van der Waals surface area contributed by atoms with Crippen molar-refractivity contribution in [1.82, 2.24) is 24.1 Å². The highest BCUT2D eigenvalue weighted by atomic mass is 32.2. The van der Waals surface area contributed by atoms with Gasteiger partial charge in [-0.1, -0.05) is 54.2 Å². The number of thiophene rings is 1. The van der Waals surface area contributed by atoms with E-state index < -0.39 is 0 Å². The summed E-state index contributed by atoms with van der Waals surface area (Å²) in [5.41, 5.74) is 4.27. The maximum Gasteiger partial charge on any atom is 0.191 e. The number of rotatable bonds is 6. The molecule has 0 saturated heterocycles. The molecule has 0 fully saturated rings. The van der Waals surface area contributed by atoms with E-state index in [-0.39, 0.29) is 0 Å². The molecule has 0 bridgehead atoms. The van der Waals surface area contributed by atoms with Gasteiger partial charge in [0.15, 0.2) is 5.16 Å². The van der Waals surface area contributed by atoms with Gasteiger partial charge in [0.1, 0.15) is 11.5 Å². The van der Waals surface area contributed by atoms with Crippen LogP contribution in [-0.2, 0) is 19.2 Å². The highest BCUT2D eigenvalue weighted by Gasteiger charge is 2.16. The summed E-state index contributed by atoms with van der Waals surface area (Å²) in [4.78, 5) is 6.18. The molecule has 4 heterocycles. The molecule has 0 aliphatic carbocycles. The van der Waals surface area contributed by atoms with Crippen LogP contribution in [0.3, 0.4) is 0 Å². The average molecular weight is 418 g/mol. The summed E-state index contributed by atoms with van der Waals surface area (Å²) in [6, 6.07) is 20.7. The number of thioether (sulfide) groups is 1. The Kier molecular flexibility index (Phi) is 4.91. The Balaban J connectivity index is 1.45. The van der Waals surface area contributed by atoms with Crippen molar-refractivity contribution in [2.75, 3.05) is 0 Å². The maximum absolute atomic E-state index is 4.88. The first kappa shape index (κ1) is 18.1. The van der Waals surface area contributed by atoms with Crippen molar-refractivity contribution in [3.8, 4) is 11.3 Å². The van der Waals surface area contributed by atoms with Crippen LogP contribution >= 0.6 is 23.1 Å². The van der Waals surface area contributed by atoms with Crippen LogP contribution in [0, 0.1) is 0 Å². The van der Waals surface area contributed by atoms with Gasteiger partial charge in [-0.3, -0.25) is 0 Å². The van der Waals surface area contributed by atoms with Crippen molar-refractivity contribution < 1.29 is 0 Å². The van der Waals surface area contributed by atoms with Gasteiger partial charge in [0.2, 0.25) is 0 Å². The molecule has 0 N–H and O–H groups in total. The molecule has 0 radical (unpaired) electrons. The minimum Gasteiger partial charge on any atom is -0.309 e. The zero-order chi connectivity index (χ0) is 19.6. The molecule has 29 heavy (non-hydrogen) atoms.